The van der Waals surface area contributed by atoms with Gasteiger partial charge in [-0.3, -0.25) is 0 Å². The normalized spacial score (nSPS) is 12.0. The van der Waals surface area contributed by atoms with E-state index in [2.05, 4.69) is 15.9 Å². The van der Waals surface area contributed by atoms with Gasteiger partial charge >= 0.3 is 12.1 Å². The van der Waals surface area contributed by atoms with Crippen LogP contribution in [0.25, 0.3) is 6.08 Å². The number of aliphatic carboxylic acids is 1. The minimum Gasteiger partial charge on any atom is -0.478 e. The minimum absolute atomic E-state index is 0.164. The van der Waals surface area contributed by atoms with Gasteiger partial charge in [0.15, 0.2) is 0 Å². The predicted octanol–water partition coefficient (Wildman–Crippen LogP) is 3.57. The molecular formula is C10H6BrF3O2. The number of rotatable bonds is 2. The van der Waals surface area contributed by atoms with E-state index in [0.29, 0.717) is 4.47 Å². The first-order valence-corrected chi connectivity index (χ1v) is 4.88. The Morgan fingerprint density at radius 1 is 1.38 bits per heavy atom. The molecule has 0 spiro atoms. The van der Waals surface area contributed by atoms with Crippen molar-refractivity contribution in [2.75, 3.05) is 0 Å². The first-order valence-electron chi connectivity index (χ1n) is 4.08. The van der Waals surface area contributed by atoms with Crippen LogP contribution < -0.4 is 0 Å². The number of carboxylic acid groups (broad SMARTS) is 1. The second kappa shape index (κ2) is 4.69. The Kier molecular flexibility index (Phi) is 3.74. The van der Waals surface area contributed by atoms with Gasteiger partial charge in [0, 0.05) is 10.5 Å². The van der Waals surface area contributed by atoms with E-state index in [1.54, 1.807) is 0 Å². The van der Waals surface area contributed by atoms with Crippen LogP contribution in [0.15, 0.2) is 28.7 Å². The van der Waals surface area contributed by atoms with Crippen molar-refractivity contribution in [2.45, 2.75) is 6.18 Å². The summed E-state index contributed by atoms with van der Waals surface area (Å²) in [7, 11) is 0. The molecule has 0 heterocycles. The number of carboxylic acids is 1. The van der Waals surface area contributed by atoms with Gasteiger partial charge in [-0.1, -0.05) is 15.9 Å². The van der Waals surface area contributed by atoms with Crippen molar-refractivity contribution in [3.8, 4) is 0 Å². The molecule has 1 rings (SSSR count). The molecule has 0 aliphatic heterocycles. The molecule has 0 saturated carbocycles. The molecule has 0 atom stereocenters. The quantitative estimate of drug-likeness (QED) is 0.847. The molecule has 1 N–H and O–H groups in total. The van der Waals surface area contributed by atoms with E-state index < -0.39 is 17.7 Å². The Balaban J connectivity index is 3.14. The maximum Gasteiger partial charge on any atom is 0.416 e. The van der Waals surface area contributed by atoms with Crippen LogP contribution in [0.3, 0.4) is 0 Å². The van der Waals surface area contributed by atoms with E-state index in [9.17, 15) is 18.0 Å². The summed E-state index contributed by atoms with van der Waals surface area (Å²) < 4.78 is 37.4. The van der Waals surface area contributed by atoms with Crippen LogP contribution in [-0.2, 0) is 11.0 Å². The van der Waals surface area contributed by atoms with Gasteiger partial charge in [0.25, 0.3) is 0 Å². The highest BCUT2D eigenvalue weighted by atomic mass is 79.9. The zero-order valence-corrected chi connectivity index (χ0v) is 9.34. The zero-order valence-electron chi connectivity index (χ0n) is 7.75. The lowest BCUT2D eigenvalue weighted by Gasteiger charge is -2.08. The number of halogens is 4. The van der Waals surface area contributed by atoms with Crippen molar-refractivity contribution in [1.82, 2.24) is 0 Å². The summed E-state index contributed by atoms with van der Waals surface area (Å²) in [6.07, 6.45) is -2.56. The van der Waals surface area contributed by atoms with E-state index >= 15 is 0 Å². The predicted molar refractivity (Wildman–Crippen MR) is 55.8 cm³/mol. The third-order valence-corrected chi connectivity index (χ3v) is 2.45. The van der Waals surface area contributed by atoms with Crippen molar-refractivity contribution >= 4 is 28.0 Å². The zero-order chi connectivity index (χ0) is 12.3. The first kappa shape index (κ1) is 12.8. The van der Waals surface area contributed by atoms with Gasteiger partial charge in [-0.15, -0.1) is 0 Å². The van der Waals surface area contributed by atoms with Crippen LogP contribution in [0, 0.1) is 0 Å². The van der Waals surface area contributed by atoms with Crippen molar-refractivity contribution in [3.63, 3.8) is 0 Å². The molecule has 0 radical (unpaired) electrons. The van der Waals surface area contributed by atoms with Crippen LogP contribution in [0.1, 0.15) is 11.1 Å². The van der Waals surface area contributed by atoms with Crippen molar-refractivity contribution in [3.05, 3.63) is 39.9 Å². The van der Waals surface area contributed by atoms with Crippen molar-refractivity contribution in [1.29, 1.82) is 0 Å². The largest absolute Gasteiger partial charge is 0.478 e. The Morgan fingerprint density at radius 2 is 2.00 bits per heavy atom. The molecule has 1 aromatic carbocycles. The Labute approximate surface area is 97.5 Å². The number of carbonyl (C=O) groups is 1. The summed E-state index contributed by atoms with van der Waals surface area (Å²) in [5, 5.41) is 8.37. The number of alkyl halides is 3. The lowest BCUT2D eigenvalue weighted by molar-refractivity contribution is -0.137. The molecule has 0 aromatic heterocycles. The van der Waals surface area contributed by atoms with Crippen LogP contribution in [0.4, 0.5) is 13.2 Å². The summed E-state index contributed by atoms with van der Waals surface area (Å²) in [4.78, 5) is 10.2. The van der Waals surface area contributed by atoms with E-state index in [1.165, 1.54) is 6.07 Å². The number of benzene rings is 1. The van der Waals surface area contributed by atoms with Gasteiger partial charge < -0.3 is 5.11 Å². The monoisotopic (exact) mass is 294 g/mol. The molecule has 0 amide bonds. The average molecular weight is 295 g/mol. The van der Waals surface area contributed by atoms with E-state index in [0.717, 1.165) is 24.3 Å². The molecule has 6 heteroatoms. The van der Waals surface area contributed by atoms with Gasteiger partial charge in [-0.05, 0) is 29.8 Å². The molecule has 1 aromatic rings. The van der Waals surface area contributed by atoms with E-state index in [1.807, 2.05) is 0 Å². The van der Waals surface area contributed by atoms with E-state index in [4.69, 9.17) is 5.11 Å². The van der Waals surface area contributed by atoms with Crippen LogP contribution in [0.2, 0.25) is 0 Å². The summed E-state index contributed by atoms with van der Waals surface area (Å²) in [6, 6.07) is 3.02. The van der Waals surface area contributed by atoms with Gasteiger partial charge in [-0.25, -0.2) is 4.79 Å². The summed E-state index contributed by atoms with van der Waals surface area (Å²) in [5.74, 6) is -1.22. The van der Waals surface area contributed by atoms with Gasteiger partial charge in [0.05, 0.1) is 5.56 Å². The van der Waals surface area contributed by atoms with E-state index in [-0.39, 0.29) is 5.56 Å². The molecule has 0 aliphatic rings. The van der Waals surface area contributed by atoms with Gasteiger partial charge in [0.2, 0.25) is 0 Å². The SMILES string of the molecule is O=C(O)/C=C\c1cc(C(F)(F)F)ccc1Br. The minimum atomic E-state index is -4.44. The van der Waals surface area contributed by atoms with Crippen molar-refractivity contribution in [2.24, 2.45) is 0 Å². The molecule has 0 fully saturated rings. The molecule has 0 unspecified atom stereocenters. The second-order valence-corrected chi connectivity index (χ2v) is 3.76. The van der Waals surface area contributed by atoms with Gasteiger partial charge in [0.1, 0.15) is 0 Å². The van der Waals surface area contributed by atoms with Gasteiger partial charge in [-0.2, -0.15) is 13.2 Å². The highest BCUT2D eigenvalue weighted by Crippen LogP contribution is 2.32. The summed E-state index contributed by atoms with van der Waals surface area (Å²) in [6.45, 7) is 0. The first-order chi connectivity index (χ1) is 7.30. The number of hydrogen-bond donors (Lipinski definition) is 1. The second-order valence-electron chi connectivity index (χ2n) is 2.91. The molecule has 86 valence electrons. The molecule has 0 bridgehead atoms. The number of hydrogen-bond acceptors (Lipinski definition) is 1. The maximum absolute atomic E-state index is 12.3. The lowest BCUT2D eigenvalue weighted by Crippen LogP contribution is -2.04. The van der Waals surface area contributed by atoms with Crippen LogP contribution in [-0.4, -0.2) is 11.1 Å². The third-order valence-electron chi connectivity index (χ3n) is 1.73. The molecule has 2 nitrogen and oxygen atoms in total. The molecule has 0 saturated heterocycles. The Bertz CT molecular complexity index is 438. The summed E-state index contributed by atoms with van der Waals surface area (Å²) in [5.41, 5.74) is -0.655. The lowest BCUT2D eigenvalue weighted by atomic mass is 10.1. The Hall–Kier alpha value is -1.30. The van der Waals surface area contributed by atoms with Crippen LogP contribution in [0.5, 0.6) is 0 Å². The molecular weight excluding hydrogens is 289 g/mol. The van der Waals surface area contributed by atoms with Crippen LogP contribution >= 0.6 is 15.9 Å². The fraction of sp³-hybridized carbons (Fsp3) is 0.100. The highest BCUT2D eigenvalue weighted by Gasteiger charge is 2.30. The average Bonchev–Trinajstić information content (AvgIpc) is 2.14. The molecule has 16 heavy (non-hydrogen) atoms. The maximum atomic E-state index is 12.3. The summed E-state index contributed by atoms with van der Waals surface area (Å²) >= 11 is 3.04. The standard InChI is InChI=1S/C10H6BrF3O2/c11-8-3-2-7(10(12,13)14)5-6(8)1-4-9(15)16/h1-5H,(H,15,16)/b4-1-. The fourth-order valence-corrected chi connectivity index (χ4v) is 1.39. The van der Waals surface area contributed by atoms with Crippen molar-refractivity contribution < 1.29 is 23.1 Å². The molecule has 0 aliphatic carbocycles. The highest BCUT2D eigenvalue weighted by molar-refractivity contribution is 9.10. The third kappa shape index (κ3) is 3.37. The smallest absolute Gasteiger partial charge is 0.416 e. The fourth-order valence-electron chi connectivity index (χ4n) is 1.01. The topological polar surface area (TPSA) is 37.3 Å². The Morgan fingerprint density at radius 3 is 2.50 bits per heavy atom.